The van der Waals surface area contributed by atoms with Gasteiger partial charge in [-0.2, -0.15) is 0 Å². The maximum absolute atomic E-state index is 6.27. The molecule has 2 aromatic rings. The van der Waals surface area contributed by atoms with Gasteiger partial charge in [-0.1, -0.05) is 6.07 Å². The highest BCUT2D eigenvalue weighted by molar-refractivity contribution is 9.10. The third-order valence-electron chi connectivity index (χ3n) is 2.69. The van der Waals surface area contributed by atoms with Crippen LogP contribution in [0.25, 0.3) is 0 Å². The minimum absolute atomic E-state index is 0.207. The van der Waals surface area contributed by atoms with E-state index in [0.717, 1.165) is 26.4 Å². The maximum Gasteiger partial charge on any atom is 0.133 e. The van der Waals surface area contributed by atoms with E-state index in [1.807, 2.05) is 29.6 Å². The molecule has 5 heteroatoms. The predicted molar refractivity (Wildman–Crippen MR) is 77.6 cm³/mol. The smallest absolute Gasteiger partial charge is 0.133 e. The van der Waals surface area contributed by atoms with E-state index >= 15 is 0 Å². The predicted octanol–water partition coefficient (Wildman–Crippen LogP) is 3.58. The summed E-state index contributed by atoms with van der Waals surface area (Å²) in [6.45, 7) is 0. The molecule has 0 saturated carbocycles. The second kappa shape index (κ2) is 5.73. The SMILES string of the molecule is COc1cc([C@@H](N)c2cccs2)c(OC)cc1Br. The molecule has 1 aromatic carbocycles. The lowest BCUT2D eigenvalue weighted by Crippen LogP contribution is -2.12. The zero-order valence-electron chi connectivity index (χ0n) is 10.1. The van der Waals surface area contributed by atoms with Crippen LogP contribution in [-0.2, 0) is 0 Å². The molecule has 0 spiro atoms. The van der Waals surface area contributed by atoms with Gasteiger partial charge in [0.05, 0.1) is 24.7 Å². The number of benzene rings is 1. The van der Waals surface area contributed by atoms with Gasteiger partial charge in [0.15, 0.2) is 0 Å². The molecule has 0 unspecified atom stereocenters. The molecule has 0 saturated heterocycles. The van der Waals surface area contributed by atoms with Crippen molar-refractivity contribution in [1.29, 1.82) is 0 Å². The first-order valence-electron chi connectivity index (χ1n) is 5.37. The quantitative estimate of drug-likeness (QED) is 0.933. The van der Waals surface area contributed by atoms with Gasteiger partial charge in [0.1, 0.15) is 11.5 Å². The van der Waals surface area contributed by atoms with Gasteiger partial charge in [0, 0.05) is 10.4 Å². The second-order valence-corrected chi connectivity index (χ2v) is 5.56. The Bertz CT molecular complexity index is 528. The summed E-state index contributed by atoms with van der Waals surface area (Å²) in [4.78, 5) is 1.10. The molecular formula is C13H14BrNO2S. The maximum atomic E-state index is 6.27. The first kappa shape index (κ1) is 13.4. The summed E-state index contributed by atoms with van der Waals surface area (Å²) in [5.74, 6) is 1.50. The fourth-order valence-corrected chi connectivity index (χ4v) is 2.98. The van der Waals surface area contributed by atoms with Gasteiger partial charge in [-0.15, -0.1) is 11.3 Å². The lowest BCUT2D eigenvalue weighted by molar-refractivity contribution is 0.395. The molecule has 96 valence electrons. The van der Waals surface area contributed by atoms with Gasteiger partial charge in [-0.25, -0.2) is 0 Å². The molecule has 1 heterocycles. The molecule has 3 nitrogen and oxygen atoms in total. The Hall–Kier alpha value is -1.04. The molecule has 0 fully saturated rings. The van der Waals surface area contributed by atoms with Crippen molar-refractivity contribution in [2.75, 3.05) is 14.2 Å². The molecule has 0 radical (unpaired) electrons. The molecule has 2 rings (SSSR count). The summed E-state index contributed by atoms with van der Waals surface area (Å²) in [6.07, 6.45) is 0. The van der Waals surface area contributed by atoms with Gasteiger partial charge in [0.2, 0.25) is 0 Å². The molecule has 2 N–H and O–H groups in total. The fourth-order valence-electron chi connectivity index (χ4n) is 1.75. The number of nitrogens with two attached hydrogens (primary N) is 1. The Morgan fingerprint density at radius 1 is 1.22 bits per heavy atom. The summed E-state index contributed by atoms with van der Waals surface area (Å²) in [6, 6.07) is 7.59. The number of halogens is 1. The van der Waals surface area contributed by atoms with Crippen LogP contribution < -0.4 is 15.2 Å². The molecule has 0 aliphatic rings. The van der Waals surface area contributed by atoms with Crippen molar-refractivity contribution in [2.24, 2.45) is 5.73 Å². The summed E-state index contributed by atoms with van der Waals surface area (Å²) in [7, 11) is 3.27. The van der Waals surface area contributed by atoms with Crippen LogP contribution in [0.2, 0.25) is 0 Å². The van der Waals surface area contributed by atoms with Crippen LogP contribution in [0.3, 0.4) is 0 Å². The van der Waals surface area contributed by atoms with Crippen LogP contribution in [0.4, 0.5) is 0 Å². The van der Waals surface area contributed by atoms with E-state index in [1.165, 1.54) is 0 Å². The van der Waals surface area contributed by atoms with Crippen molar-refractivity contribution < 1.29 is 9.47 Å². The van der Waals surface area contributed by atoms with Crippen molar-refractivity contribution >= 4 is 27.3 Å². The number of hydrogen-bond donors (Lipinski definition) is 1. The standard InChI is InChI=1S/C13H14BrNO2S/c1-16-10-7-9(14)11(17-2)6-8(10)13(15)12-4-3-5-18-12/h3-7,13H,15H2,1-2H3/t13-/m1/s1. The Balaban J connectivity index is 2.48. The summed E-state index contributed by atoms with van der Waals surface area (Å²) in [5, 5.41) is 2.01. The van der Waals surface area contributed by atoms with Gasteiger partial charge >= 0.3 is 0 Å². The molecule has 0 bridgehead atoms. The number of methoxy groups -OCH3 is 2. The van der Waals surface area contributed by atoms with Crippen molar-refractivity contribution in [3.63, 3.8) is 0 Å². The molecule has 0 aliphatic heterocycles. The fraction of sp³-hybridized carbons (Fsp3) is 0.231. The van der Waals surface area contributed by atoms with Crippen molar-refractivity contribution in [2.45, 2.75) is 6.04 Å². The summed E-state index contributed by atoms with van der Waals surface area (Å²) < 4.78 is 11.5. The third kappa shape index (κ3) is 2.53. The van der Waals surface area contributed by atoms with E-state index in [-0.39, 0.29) is 6.04 Å². The zero-order chi connectivity index (χ0) is 13.1. The van der Waals surface area contributed by atoms with Gasteiger partial charge in [0.25, 0.3) is 0 Å². The van der Waals surface area contributed by atoms with Crippen LogP contribution in [-0.4, -0.2) is 14.2 Å². The Kier molecular flexibility index (Phi) is 4.27. The van der Waals surface area contributed by atoms with Crippen LogP contribution in [0.1, 0.15) is 16.5 Å². The van der Waals surface area contributed by atoms with E-state index in [4.69, 9.17) is 15.2 Å². The molecular weight excluding hydrogens is 314 g/mol. The minimum Gasteiger partial charge on any atom is -0.496 e. The topological polar surface area (TPSA) is 44.5 Å². The van der Waals surface area contributed by atoms with Crippen molar-refractivity contribution in [3.8, 4) is 11.5 Å². The molecule has 1 atom stereocenters. The monoisotopic (exact) mass is 327 g/mol. The van der Waals surface area contributed by atoms with Crippen LogP contribution in [0.5, 0.6) is 11.5 Å². The third-order valence-corrected chi connectivity index (χ3v) is 4.26. The average molecular weight is 328 g/mol. The molecule has 0 aliphatic carbocycles. The van der Waals surface area contributed by atoms with Crippen molar-refractivity contribution in [1.82, 2.24) is 0 Å². The van der Waals surface area contributed by atoms with Crippen LogP contribution in [0, 0.1) is 0 Å². The van der Waals surface area contributed by atoms with Crippen LogP contribution in [0.15, 0.2) is 34.1 Å². The lowest BCUT2D eigenvalue weighted by atomic mass is 10.0. The van der Waals surface area contributed by atoms with E-state index < -0.39 is 0 Å². The van der Waals surface area contributed by atoms with Crippen molar-refractivity contribution in [3.05, 3.63) is 44.6 Å². The first-order valence-corrected chi connectivity index (χ1v) is 7.05. The van der Waals surface area contributed by atoms with E-state index in [2.05, 4.69) is 15.9 Å². The van der Waals surface area contributed by atoms with Gasteiger partial charge in [-0.05, 0) is 39.5 Å². The van der Waals surface area contributed by atoms with Crippen LogP contribution >= 0.6 is 27.3 Å². The average Bonchev–Trinajstić information content (AvgIpc) is 2.91. The zero-order valence-corrected chi connectivity index (χ0v) is 12.5. The normalized spacial score (nSPS) is 12.2. The summed E-state index contributed by atoms with van der Waals surface area (Å²) in [5.41, 5.74) is 7.19. The number of ether oxygens (including phenoxy) is 2. The number of thiophene rings is 1. The van der Waals surface area contributed by atoms with E-state index in [0.29, 0.717) is 0 Å². The largest absolute Gasteiger partial charge is 0.496 e. The lowest BCUT2D eigenvalue weighted by Gasteiger charge is -2.16. The highest BCUT2D eigenvalue weighted by atomic mass is 79.9. The Labute approximate surface area is 119 Å². The van der Waals surface area contributed by atoms with E-state index in [1.54, 1.807) is 25.6 Å². The first-order chi connectivity index (χ1) is 8.67. The summed E-state index contributed by atoms with van der Waals surface area (Å²) >= 11 is 5.07. The number of rotatable bonds is 4. The minimum atomic E-state index is -0.207. The highest BCUT2D eigenvalue weighted by Gasteiger charge is 2.17. The van der Waals surface area contributed by atoms with E-state index in [9.17, 15) is 0 Å². The second-order valence-electron chi connectivity index (χ2n) is 3.72. The Morgan fingerprint density at radius 3 is 2.50 bits per heavy atom. The highest BCUT2D eigenvalue weighted by Crippen LogP contribution is 2.37. The van der Waals surface area contributed by atoms with Gasteiger partial charge in [-0.3, -0.25) is 0 Å². The molecule has 18 heavy (non-hydrogen) atoms. The molecule has 1 aromatic heterocycles. The van der Waals surface area contributed by atoms with Gasteiger partial charge < -0.3 is 15.2 Å². The Morgan fingerprint density at radius 2 is 1.94 bits per heavy atom. The number of hydrogen-bond acceptors (Lipinski definition) is 4. The molecule has 0 amide bonds.